The summed E-state index contributed by atoms with van der Waals surface area (Å²) in [6.07, 6.45) is 1.76. The summed E-state index contributed by atoms with van der Waals surface area (Å²) in [5.74, 6) is 0. The van der Waals surface area contributed by atoms with Crippen molar-refractivity contribution in [3.63, 3.8) is 0 Å². The van der Waals surface area contributed by atoms with Crippen LogP contribution in [0, 0.1) is 6.58 Å². The van der Waals surface area contributed by atoms with Crippen LogP contribution in [0.15, 0.2) is 17.9 Å². The molecule has 0 aromatic carbocycles. The average molecular weight is 125 g/mol. The third-order valence-corrected chi connectivity index (χ3v) is 3.02. The van der Waals surface area contributed by atoms with Crippen molar-refractivity contribution in [1.29, 1.82) is 0 Å². The van der Waals surface area contributed by atoms with Crippen molar-refractivity contribution in [3.8, 4) is 0 Å². The molecule has 0 nitrogen and oxygen atoms in total. The Hall–Kier alpha value is -0.303. The van der Waals surface area contributed by atoms with Gasteiger partial charge in [-0.25, -0.2) is 0 Å². The van der Waals surface area contributed by atoms with Gasteiger partial charge in [-0.3, -0.25) is 0 Å². The molecular weight excluding hydrogens is 112 g/mol. The largest absolute Gasteiger partial charge is 0.0992 e. The van der Waals surface area contributed by atoms with Crippen LogP contribution in [0.4, 0.5) is 0 Å². The lowest BCUT2D eigenvalue weighted by atomic mass is 10.6. The van der Waals surface area contributed by atoms with Crippen LogP contribution in [0.2, 0.25) is 19.6 Å². The molecule has 0 fully saturated rings. The molecule has 0 spiro atoms. The first-order valence-electron chi connectivity index (χ1n) is 2.74. The van der Waals surface area contributed by atoms with Gasteiger partial charge in [0.25, 0.3) is 0 Å². The summed E-state index contributed by atoms with van der Waals surface area (Å²) in [5.41, 5.74) is 0. The quantitative estimate of drug-likeness (QED) is 0.393. The van der Waals surface area contributed by atoms with Gasteiger partial charge in [-0.2, -0.15) is 0 Å². The highest BCUT2D eigenvalue weighted by atomic mass is 28.3. The van der Waals surface area contributed by atoms with E-state index in [2.05, 4.69) is 26.2 Å². The molecule has 0 aliphatic heterocycles. The molecule has 0 bridgehead atoms. The molecule has 1 radical (unpaired) electrons. The Labute approximate surface area is 52.9 Å². The number of rotatable bonds is 2. The van der Waals surface area contributed by atoms with Gasteiger partial charge in [0.05, 0.1) is 8.07 Å². The molecule has 1 heteroatoms. The standard InChI is InChI=1S/C7H13Si/c1-6-7(2)8(3,4)5/h2,6H,1H2,3-5H3. The lowest BCUT2D eigenvalue weighted by Gasteiger charge is -2.14. The van der Waals surface area contributed by atoms with Crippen molar-refractivity contribution in [2.24, 2.45) is 0 Å². The first-order valence-corrected chi connectivity index (χ1v) is 6.24. The van der Waals surface area contributed by atoms with Gasteiger partial charge in [0.1, 0.15) is 0 Å². The Kier molecular flexibility index (Phi) is 2.22. The van der Waals surface area contributed by atoms with Crippen molar-refractivity contribution in [2.45, 2.75) is 19.6 Å². The normalized spacial score (nSPS) is 10.9. The van der Waals surface area contributed by atoms with Gasteiger partial charge in [0.15, 0.2) is 0 Å². The van der Waals surface area contributed by atoms with Crippen LogP contribution in [0.3, 0.4) is 0 Å². The topological polar surface area (TPSA) is 0 Å². The van der Waals surface area contributed by atoms with E-state index in [0.29, 0.717) is 0 Å². The molecule has 0 atom stereocenters. The van der Waals surface area contributed by atoms with Crippen molar-refractivity contribution in [3.05, 3.63) is 24.4 Å². The zero-order valence-corrected chi connectivity index (χ0v) is 6.86. The van der Waals surface area contributed by atoms with E-state index in [9.17, 15) is 0 Å². The maximum Gasteiger partial charge on any atom is 0.0775 e. The molecule has 0 N–H and O–H groups in total. The lowest BCUT2D eigenvalue weighted by molar-refractivity contribution is 1.68. The Morgan fingerprint density at radius 3 is 1.88 bits per heavy atom. The predicted octanol–water partition coefficient (Wildman–Crippen LogP) is 2.41. The molecule has 0 unspecified atom stereocenters. The van der Waals surface area contributed by atoms with Crippen molar-refractivity contribution in [1.82, 2.24) is 0 Å². The summed E-state index contributed by atoms with van der Waals surface area (Å²) in [4.78, 5) is 0. The first-order chi connectivity index (χ1) is 3.48. The second-order valence-electron chi connectivity index (χ2n) is 2.91. The molecule has 8 heavy (non-hydrogen) atoms. The fraction of sp³-hybridized carbons (Fsp3) is 0.429. The highest BCUT2D eigenvalue weighted by molar-refractivity contribution is 6.83. The van der Waals surface area contributed by atoms with Crippen molar-refractivity contribution in [2.75, 3.05) is 0 Å². The van der Waals surface area contributed by atoms with E-state index in [1.54, 1.807) is 6.08 Å². The number of allylic oxidation sites excluding steroid dienone is 2. The summed E-state index contributed by atoms with van der Waals surface area (Å²) < 4.78 is 0. The minimum atomic E-state index is -1.18. The Balaban J connectivity index is 4.02. The summed E-state index contributed by atoms with van der Waals surface area (Å²) in [7, 11) is -1.18. The van der Waals surface area contributed by atoms with E-state index >= 15 is 0 Å². The van der Waals surface area contributed by atoms with Gasteiger partial charge in [0, 0.05) is 0 Å². The first kappa shape index (κ1) is 7.70. The van der Waals surface area contributed by atoms with Gasteiger partial charge >= 0.3 is 0 Å². The van der Waals surface area contributed by atoms with Crippen LogP contribution in [0.25, 0.3) is 0 Å². The van der Waals surface area contributed by atoms with E-state index in [4.69, 9.17) is 6.58 Å². The Bertz CT molecular complexity index is 106. The summed E-state index contributed by atoms with van der Waals surface area (Å²) in [6, 6.07) is 0. The molecule has 0 saturated heterocycles. The summed E-state index contributed by atoms with van der Waals surface area (Å²) in [5, 5.41) is 0.984. The molecule has 0 aliphatic rings. The minimum absolute atomic E-state index is 0.984. The van der Waals surface area contributed by atoms with Crippen LogP contribution < -0.4 is 0 Å². The van der Waals surface area contributed by atoms with Crippen LogP contribution in [-0.4, -0.2) is 8.07 Å². The van der Waals surface area contributed by atoms with Crippen LogP contribution in [0.5, 0.6) is 0 Å². The average Bonchev–Trinajstić information content (AvgIpc) is 1.62. The smallest absolute Gasteiger partial charge is 0.0775 e. The molecule has 0 aromatic rings. The zero-order valence-electron chi connectivity index (χ0n) is 5.86. The Morgan fingerprint density at radius 1 is 1.50 bits per heavy atom. The van der Waals surface area contributed by atoms with Gasteiger partial charge in [0.2, 0.25) is 0 Å². The number of hydrogen-bond acceptors (Lipinski definition) is 0. The maximum absolute atomic E-state index is 5.61. The molecule has 0 amide bonds. The third-order valence-electron chi connectivity index (χ3n) is 1.09. The van der Waals surface area contributed by atoms with Crippen LogP contribution in [-0.2, 0) is 0 Å². The molecule has 0 aliphatic carbocycles. The lowest BCUT2D eigenvalue weighted by Crippen LogP contribution is -2.21. The summed E-state index contributed by atoms with van der Waals surface area (Å²) >= 11 is 0. The van der Waals surface area contributed by atoms with Gasteiger partial charge in [-0.15, -0.1) is 0 Å². The summed E-state index contributed by atoms with van der Waals surface area (Å²) in [6.45, 7) is 15.8. The van der Waals surface area contributed by atoms with Crippen molar-refractivity contribution >= 4 is 8.07 Å². The maximum atomic E-state index is 5.61. The predicted molar refractivity (Wildman–Crippen MR) is 41.4 cm³/mol. The molecule has 0 saturated carbocycles. The second kappa shape index (κ2) is 2.31. The van der Waals surface area contributed by atoms with Crippen LogP contribution in [0.1, 0.15) is 0 Å². The monoisotopic (exact) mass is 125 g/mol. The zero-order chi connectivity index (χ0) is 6.78. The van der Waals surface area contributed by atoms with Gasteiger partial charge in [-0.05, 0) is 0 Å². The van der Waals surface area contributed by atoms with Crippen molar-refractivity contribution < 1.29 is 0 Å². The van der Waals surface area contributed by atoms with Gasteiger partial charge in [-0.1, -0.05) is 44.1 Å². The molecule has 0 rings (SSSR count). The highest BCUT2D eigenvalue weighted by Gasteiger charge is 2.13. The van der Waals surface area contributed by atoms with E-state index in [1.807, 2.05) is 0 Å². The fourth-order valence-electron chi connectivity index (χ4n) is 0.306. The van der Waals surface area contributed by atoms with E-state index < -0.39 is 8.07 Å². The SMILES string of the molecule is [CH]=C(C=C)[Si](C)(C)C. The minimum Gasteiger partial charge on any atom is -0.0992 e. The second-order valence-corrected chi connectivity index (χ2v) is 7.99. The molecule has 45 valence electrons. The number of hydrogen-bond donors (Lipinski definition) is 0. The molecular formula is C7H13Si. The van der Waals surface area contributed by atoms with E-state index in [0.717, 1.165) is 5.20 Å². The third kappa shape index (κ3) is 2.12. The molecule has 0 aromatic heterocycles. The molecule has 0 heterocycles. The van der Waals surface area contributed by atoms with E-state index in [1.165, 1.54) is 0 Å². The Morgan fingerprint density at radius 2 is 1.88 bits per heavy atom. The van der Waals surface area contributed by atoms with Gasteiger partial charge < -0.3 is 0 Å². The van der Waals surface area contributed by atoms with Crippen LogP contribution >= 0.6 is 0 Å². The highest BCUT2D eigenvalue weighted by Crippen LogP contribution is 2.11. The fourth-order valence-corrected chi connectivity index (χ4v) is 0.919. The van der Waals surface area contributed by atoms with E-state index in [-0.39, 0.29) is 0 Å².